The lowest BCUT2D eigenvalue weighted by Gasteiger charge is -2.08. The fraction of sp³-hybridized carbons (Fsp3) is 0.118. The molecule has 3 rings (SSSR count). The van der Waals surface area contributed by atoms with Gasteiger partial charge < -0.3 is 19.6 Å². The predicted molar refractivity (Wildman–Crippen MR) is 82.7 cm³/mol. The van der Waals surface area contributed by atoms with Gasteiger partial charge in [-0.25, -0.2) is 4.79 Å². The van der Waals surface area contributed by atoms with E-state index in [9.17, 15) is 4.79 Å². The first-order valence-electron chi connectivity index (χ1n) is 6.89. The second kappa shape index (κ2) is 6.22. The van der Waals surface area contributed by atoms with Crippen LogP contribution in [0.3, 0.4) is 0 Å². The molecule has 1 aromatic heterocycles. The van der Waals surface area contributed by atoms with Crippen LogP contribution in [0.5, 0.6) is 11.5 Å². The summed E-state index contributed by atoms with van der Waals surface area (Å²) < 4.78 is 11.2. The molecule has 0 aliphatic heterocycles. The van der Waals surface area contributed by atoms with Crippen molar-refractivity contribution in [2.75, 3.05) is 13.2 Å². The van der Waals surface area contributed by atoms with E-state index in [1.165, 1.54) is 0 Å². The topological polar surface area (TPSA) is 71.6 Å². The van der Waals surface area contributed by atoms with Crippen molar-refractivity contribution in [3.05, 3.63) is 60.3 Å². The molecule has 2 N–H and O–H groups in total. The summed E-state index contributed by atoms with van der Waals surface area (Å²) in [5.74, 6) is 0.508. The van der Waals surface area contributed by atoms with Gasteiger partial charge in [0.15, 0.2) is 0 Å². The number of hydrogen-bond acceptors (Lipinski definition) is 3. The molecule has 0 amide bonds. The van der Waals surface area contributed by atoms with Gasteiger partial charge in [-0.3, -0.25) is 0 Å². The van der Waals surface area contributed by atoms with Gasteiger partial charge in [-0.1, -0.05) is 18.2 Å². The van der Waals surface area contributed by atoms with E-state index in [0.29, 0.717) is 19.0 Å². The molecule has 3 aromatic rings. The molecule has 0 saturated carbocycles. The first-order valence-corrected chi connectivity index (χ1v) is 6.89. The monoisotopic (exact) mass is 297 g/mol. The summed E-state index contributed by atoms with van der Waals surface area (Å²) in [7, 11) is 0. The maximum Gasteiger partial charge on any atom is 0.352 e. The summed E-state index contributed by atoms with van der Waals surface area (Å²) in [5.41, 5.74) is 0.935. The van der Waals surface area contributed by atoms with Crippen molar-refractivity contribution >= 4 is 16.9 Å². The minimum absolute atomic E-state index is 0.166. The van der Waals surface area contributed by atoms with Crippen molar-refractivity contribution in [1.82, 2.24) is 4.98 Å². The lowest BCUT2D eigenvalue weighted by Crippen LogP contribution is -2.08. The van der Waals surface area contributed by atoms with Gasteiger partial charge in [-0.2, -0.15) is 0 Å². The van der Waals surface area contributed by atoms with Crippen LogP contribution in [0.2, 0.25) is 0 Å². The van der Waals surface area contributed by atoms with Crippen LogP contribution in [0.15, 0.2) is 54.6 Å². The van der Waals surface area contributed by atoms with Gasteiger partial charge in [0.05, 0.1) is 0 Å². The van der Waals surface area contributed by atoms with Gasteiger partial charge in [0.25, 0.3) is 0 Å². The summed E-state index contributed by atoms with van der Waals surface area (Å²) in [6, 6.07) is 16.5. The summed E-state index contributed by atoms with van der Waals surface area (Å²) in [4.78, 5) is 13.8. The maximum absolute atomic E-state index is 10.9. The number of nitrogens with one attached hydrogen (secondary N) is 1. The molecule has 2 aromatic carbocycles. The van der Waals surface area contributed by atoms with Crippen LogP contribution in [-0.4, -0.2) is 29.3 Å². The van der Waals surface area contributed by atoms with Gasteiger partial charge in [0, 0.05) is 10.9 Å². The molecule has 0 unspecified atom stereocenters. The zero-order valence-electron chi connectivity index (χ0n) is 11.8. The Morgan fingerprint density at radius 2 is 1.68 bits per heavy atom. The highest BCUT2D eigenvalue weighted by atomic mass is 16.5. The molecule has 0 radical (unpaired) electrons. The fourth-order valence-electron chi connectivity index (χ4n) is 2.15. The van der Waals surface area contributed by atoms with Crippen LogP contribution in [-0.2, 0) is 0 Å². The summed E-state index contributed by atoms with van der Waals surface area (Å²) in [6.45, 7) is 0.853. The van der Waals surface area contributed by atoms with Crippen LogP contribution in [0, 0.1) is 0 Å². The minimum Gasteiger partial charge on any atom is -0.490 e. The first kappa shape index (κ1) is 14.0. The number of benzene rings is 2. The largest absolute Gasteiger partial charge is 0.490 e. The highest BCUT2D eigenvalue weighted by Gasteiger charge is 2.07. The van der Waals surface area contributed by atoms with Gasteiger partial charge in [0.2, 0.25) is 0 Å². The third kappa shape index (κ3) is 3.20. The molecule has 0 spiro atoms. The number of H-pyrrole nitrogens is 1. The zero-order chi connectivity index (χ0) is 15.4. The fourth-order valence-corrected chi connectivity index (χ4v) is 2.15. The van der Waals surface area contributed by atoms with Crippen LogP contribution in [0.4, 0.5) is 0 Å². The third-order valence-corrected chi connectivity index (χ3v) is 3.19. The molecule has 1 heterocycles. The number of aromatic nitrogens is 1. The third-order valence-electron chi connectivity index (χ3n) is 3.19. The normalized spacial score (nSPS) is 10.5. The van der Waals surface area contributed by atoms with Crippen LogP contribution in [0.1, 0.15) is 10.5 Å². The van der Waals surface area contributed by atoms with Gasteiger partial charge in [-0.15, -0.1) is 0 Å². The number of hydrogen-bond donors (Lipinski definition) is 2. The van der Waals surface area contributed by atoms with E-state index >= 15 is 0 Å². The highest BCUT2D eigenvalue weighted by molar-refractivity contribution is 5.94. The number of fused-ring (bicyclic) bond motifs is 1. The van der Waals surface area contributed by atoms with Crippen LogP contribution < -0.4 is 9.47 Å². The average Bonchev–Trinajstić information content (AvgIpc) is 2.96. The number of para-hydroxylation sites is 1. The molecule has 0 bridgehead atoms. The molecule has 0 saturated heterocycles. The van der Waals surface area contributed by atoms with Crippen molar-refractivity contribution in [1.29, 1.82) is 0 Å². The number of ether oxygens (including phenoxy) is 2. The molecular weight excluding hydrogens is 282 g/mol. The molecule has 0 fully saturated rings. The van der Waals surface area contributed by atoms with E-state index in [1.807, 2.05) is 30.3 Å². The maximum atomic E-state index is 10.9. The lowest BCUT2D eigenvalue weighted by atomic mass is 10.2. The van der Waals surface area contributed by atoms with Crippen molar-refractivity contribution in [3.8, 4) is 11.5 Å². The Hall–Kier alpha value is -2.95. The molecule has 0 aliphatic rings. The Labute approximate surface area is 127 Å². The Bertz CT molecular complexity index is 780. The van der Waals surface area contributed by atoms with E-state index < -0.39 is 5.97 Å². The Morgan fingerprint density at radius 1 is 0.955 bits per heavy atom. The molecule has 5 heteroatoms. The van der Waals surface area contributed by atoms with E-state index in [4.69, 9.17) is 14.6 Å². The predicted octanol–water partition coefficient (Wildman–Crippen LogP) is 3.32. The minimum atomic E-state index is -0.977. The molecular formula is C17H15NO4. The molecule has 22 heavy (non-hydrogen) atoms. The summed E-state index contributed by atoms with van der Waals surface area (Å²) in [6.07, 6.45) is 0. The summed E-state index contributed by atoms with van der Waals surface area (Å²) in [5, 5.41) is 9.76. The second-order valence-corrected chi connectivity index (χ2v) is 4.75. The first-order chi connectivity index (χ1) is 10.7. The molecule has 112 valence electrons. The zero-order valence-corrected chi connectivity index (χ0v) is 11.8. The quantitative estimate of drug-likeness (QED) is 0.685. The number of aromatic amines is 1. The van der Waals surface area contributed by atoms with Crippen molar-refractivity contribution < 1.29 is 19.4 Å². The lowest BCUT2D eigenvalue weighted by molar-refractivity contribution is 0.0691. The molecule has 0 atom stereocenters. The summed E-state index contributed by atoms with van der Waals surface area (Å²) >= 11 is 0. The molecule has 0 aliphatic carbocycles. The van der Waals surface area contributed by atoms with Gasteiger partial charge in [0.1, 0.15) is 30.4 Å². The van der Waals surface area contributed by atoms with E-state index in [2.05, 4.69) is 4.98 Å². The van der Waals surface area contributed by atoms with Gasteiger partial charge in [-0.05, 0) is 36.4 Å². The number of rotatable bonds is 6. The Kier molecular flexibility index (Phi) is 3.96. The SMILES string of the molecule is O=C(O)c1cc2cc(OCCOc3ccccc3)ccc2[nH]1. The van der Waals surface area contributed by atoms with E-state index in [-0.39, 0.29) is 5.69 Å². The second-order valence-electron chi connectivity index (χ2n) is 4.75. The van der Waals surface area contributed by atoms with Crippen LogP contribution in [0.25, 0.3) is 10.9 Å². The van der Waals surface area contributed by atoms with Gasteiger partial charge >= 0.3 is 5.97 Å². The van der Waals surface area contributed by atoms with E-state index in [0.717, 1.165) is 16.7 Å². The average molecular weight is 297 g/mol. The highest BCUT2D eigenvalue weighted by Crippen LogP contribution is 2.21. The number of carbonyl (C=O) groups is 1. The number of carboxylic acid groups (broad SMARTS) is 1. The molecule has 5 nitrogen and oxygen atoms in total. The van der Waals surface area contributed by atoms with Crippen molar-refractivity contribution in [2.45, 2.75) is 0 Å². The smallest absolute Gasteiger partial charge is 0.352 e. The number of carboxylic acids is 1. The van der Waals surface area contributed by atoms with Crippen molar-refractivity contribution in [3.63, 3.8) is 0 Å². The Morgan fingerprint density at radius 3 is 2.41 bits per heavy atom. The van der Waals surface area contributed by atoms with Crippen LogP contribution >= 0.6 is 0 Å². The van der Waals surface area contributed by atoms with E-state index in [1.54, 1.807) is 24.3 Å². The Balaban J connectivity index is 1.58. The number of aromatic carboxylic acids is 1. The van der Waals surface area contributed by atoms with Crippen molar-refractivity contribution in [2.24, 2.45) is 0 Å². The standard InChI is InChI=1S/C17H15NO4/c19-17(20)16-11-12-10-14(6-7-15(12)18-16)22-9-8-21-13-4-2-1-3-5-13/h1-7,10-11,18H,8-9H2,(H,19,20).